The molecule has 6 nitrogen and oxygen atoms in total. The minimum absolute atomic E-state index is 0.0782. The molecule has 0 radical (unpaired) electrons. The second kappa shape index (κ2) is 54.0. The average molecular weight is 911 g/mol. The lowest BCUT2D eigenvalue weighted by Crippen LogP contribution is -2.30. The van der Waals surface area contributed by atoms with Crippen molar-refractivity contribution < 1.29 is 28.6 Å². The van der Waals surface area contributed by atoms with E-state index in [1.54, 1.807) is 0 Å². The highest BCUT2D eigenvalue weighted by Gasteiger charge is 2.19. The molecule has 0 saturated carbocycles. The molecule has 0 aliphatic rings. The first-order valence-electron chi connectivity index (χ1n) is 28.1. The Bertz CT molecular complexity index is 1140. The average Bonchev–Trinajstić information content (AvgIpc) is 3.30. The van der Waals surface area contributed by atoms with Crippen LogP contribution in [-0.4, -0.2) is 37.2 Å². The van der Waals surface area contributed by atoms with E-state index in [4.69, 9.17) is 14.2 Å². The highest BCUT2D eigenvalue weighted by Crippen LogP contribution is 2.16. The molecule has 0 heterocycles. The van der Waals surface area contributed by atoms with Crippen LogP contribution in [0.3, 0.4) is 0 Å². The third kappa shape index (κ3) is 52.2. The normalized spacial score (nSPS) is 12.4. The Balaban J connectivity index is 4.39. The predicted molar refractivity (Wildman–Crippen MR) is 279 cm³/mol. The van der Waals surface area contributed by atoms with Gasteiger partial charge in [-0.15, -0.1) is 0 Å². The minimum Gasteiger partial charge on any atom is -0.462 e. The monoisotopic (exact) mass is 911 g/mol. The van der Waals surface area contributed by atoms with Crippen molar-refractivity contribution in [3.63, 3.8) is 0 Å². The Morgan fingerprint density at radius 2 is 0.554 bits per heavy atom. The van der Waals surface area contributed by atoms with Crippen LogP contribution < -0.4 is 0 Å². The largest absolute Gasteiger partial charge is 0.462 e. The van der Waals surface area contributed by atoms with E-state index in [1.165, 1.54) is 161 Å². The van der Waals surface area contributed by atoms with Crippen molar-refractivity contribution in [3.05, 3.63) is 48.6 Å². The molecule has 0 aliphatic carbocycles. The van der Waals surface area contributed by atoms with E-state index in [-0.39, 0.29) is 31.1 Å². The topological polar surface area (TPSA) is 78.9 Å². The van der Waals surface area contributed by atoms with Crippen LogP contribution >= 0.6 is 0 Å². The second-order valence-corrected chi connectivity index (χ2v) is 18.8. The maximum atomic E-state index is 12.8. The van der Waals surface area contributed by atoms with Crippen molar-refractivity contribution in [2.45, 2.75) is 297 Å². The summed E-state index contributed by atoms with van der Waals surface area (Å²) < 4.78 is 16.8. The van der Waals surface area contributed by atoms with Gasteiger partial charge in [-0.2, -0.15) is 0 Å². The zero-order valence-corrected chi connectivity index (χ0v) is 43.3. The summed E-state index contributed by atoms with van der Waals surface area (Å²) in [6.45, 7) is 6.60. The maximum absolute atomic E-state index is 12.8. The quantitative estimate of drug-likeness (QED) is 0.0262. The Morgan fingerprint density at radius 1 is 0.308 bits per heavy atom. The van der Waals surface area contributed by atoms with Crippen molar-refractivity contribution in [1.82, 2.24) is 0 Å². The first kappa shape index (κ1) is 62.4. The molecule has 0 bridgehead atoms. The lowest BCUT2D eigenvalue weighted by molar-refractivity contribution is -0.167. The zero-order chi connectivity index (χ0) is 47.2. The van der Waals surface area contributed by atoms with Crippen molar-refractivity contribution in [2.75, 3.05) is 13.2 Å². The van der Waals surface area contributed by atoms with E-state index >= 15 is 0 Å². The molecule has 0 amide bonds. The number of carbonyl (C=O) groups excluding carboxylic acids is 3. The smallest absolute Gasteiger partial charge is 0.306 e. The molecule has 0 spiro atoms. The third-order valence-electron chi connectivity index (χ3n) is 12.3. The number of carbonyl (C=O) groups is 3. The summed E-state index contributed by atoms with van der Waals surface area (Å²) in [6, 6.07) is 0. The predicted octanol–water partition coefficient (Wildman–Crippen LogP) is 18.7. The molecule has 0 aliphatic heterocycles. The molecule has 0 aromatic rings. The van der Waals surface area contributed by atoms with Gasteiger partial charge in [-0.1, -0.05) is 236 Å². The van der Waals surface area contributed by atoms with Gasteiger partial charge in [0.2, 0.25) is 0 Å². The van der Waals surface area contributed by atoms with Gasteiger partial charge in [0.1, 0.15) is 13.2 Å². The van der Waals surface area contributed by atoms with Crippen LogP contribution in [0.5, 0.6) is 0 Å². The van der Waals surface area contributed by atoms with Gasteiger partial charge in [-0.25, -0.2) is 0 Å². The number of esters is 3. The van der Waals surface area contributed by atoms with Gasteiger partial charge in [-0.3, -0.25) is 14.4 Å². The molecule has 0 aromatic heterocycles. The number of hydrogen-bond acceptors (Lipinski definition) is 6. The van der Waals surface area contributed by atoms with Gasteiger partial charge in [-0.05, 0) is 83.5 Å². The first-order valence-corrected chi connectivity index (χ1v) is 28.1. The summed E-state index contributed by atoms with van der Waals surface area (Å²) in [4.78, 5) is 38.1. The van der Waals surface area contributed by atoms with Crippen LogP contribution in [0, 0.1) is 0 Å². The highest BCUT2D eigenvalue weighted by molar-refractivity contribution is 5.71. The van der Waals surface area contributed by atoms with Gasteiger partial charge < -0.3 is 14.2 Å². The molecule has 0 aromatic carbocycles. The third-order valence-corrected chi connectivity index (χ3v) is 12.3. The van der Waals surface area contributed by atoms with Crippen molar-refractivity contribution in [3.8, 4) is 0 Å². The molecule has 0 saturated heterocycles. The van der Waals surface area contributed by atoms with Crippen LogP contribution in [0.15, 0.2) is 48.6 Å². The lowest BCUT2D eigenvalue weighted by atomic mass is 10.0. The van der Waals surface area contributed by atoms with E-state index in [0.717, 1.165) is 89.9 Å². The maximum Gasteiger partial charge on any atom is 0.306 e. The Labute approximate surface area is 403 Å². The molecule has 0 N–H and O–H groups in total. The summed E-state index contributed by atoms with van der Waals surface area (Å²) in [7, 11) is 0. The van der Waals surface area contributed by atoms with Gasteiger partial charge >= 0.3 is 17.9 Å². The molecule has 0 fully saturated rings. The number of unbranched alkanes of at least 4 members (excludes halogenated alkanes) is 32. The Hall–Kier alpha value is -2.63. The van der Waals surface area contributed by atoms with E-state index < -0.39 is 6.10 Å². The Morgan fingerprint density at radius 3 is 0.877 bits per heavy atom. The standard InChI is InChI=1S/C59H106O6/c1-4-7-10-13-16-19-22-25-28-29-32-35-38-41-44-47-50-53-59(62)65-56(54-63-57(60)51-48-45-42-39-36-33-30-26-23-20-17-14-11-8-5-2)55-64-58(61)52-49-46-43-40-37-34-31-27-24-21-18-15-12-9-6-3/h16-17,19-20,25-26,28,30,56H,4-15,18,21-24,27,29,31-55H2,1-3H3/b19-16-,20-17-,28-25-,30-26-/t56-/m1/s1. The number of ether oxygens (including phenoxy) is 3. The number of hydrogen-bond donors (Lipinski definition) is 0. The summed E-state index contributed by atoms with van der Waals surface area (Å²) in [5, 5.41) is 0. The summed E-state index contributed by atoms with van der Waals surface area (Å²) in [5.41, 5.74) is 0. The van der Waals surface area contributed by atoms with Gasteiger partial charge in [0, 0.05) is 19.3 Å². The molecule has 65 heavy (non-hydrogen) atoms. The molecule has 6 heteroatoms. The summed E-state index contributed by atoms with van der Waals surface area (Å²) in [6.07, 6.45) is 65.2. The van der Waals surface area contributed by atoms with E-state index in [0.29, 0.717) is 19.3 Å². The molecular formula is C59H106O6. The molecule has 0 rings (SSSR count). The fourth-order valence-corrected chi connectivity index (χ4v) is 8.03. The lowest BCUT2D eigenvalue weighted by Gasteiger charge is -2.18. The first-order chi connectivity index (χ1) is 32.0. The zero-order valence-electron chi connectivity index (χ0n) is 43.3. The van der Waals surface area contributed by atoms with Crippen LogP contribution in [0.25, 0.3) is 0 Å². The summed E-state index contributed by atoms with van der Waals surface area (Å²) in [5.74, 6) is -0.887. The molecule has 0 unspecified atom stereocenters. The van der Waals surface area contributed by atoms with Crippen molar-refractivity contribution >= 4 is 17.9 Å². The number of allylic oxidation sites excluding steroid dienone is 8. The van der Waals surface area contributed by atoms with Gasteiger partial charge in [0.05, 0.1) is 0 Å². The fraction of sp³-hybridized carbons (Fsp3) is 0.814. The minimum atomic E-state index is -0.781. The van der Waals surface area contributed by atoms with Gasteiger partial charge in [0.25, 0.3) is 0 Å². The van der Waals surface area contributed by atoms with Crippen molar-refractivity contribution in [1.29, 1.82) is 0 Å². The van der Waals surface area contributed by atoms with E-state index in [1.807, 2.05) is 0 Å². The number of rotatable bonds is 51. The summed E-state index contributed by atoms with van der Waals surface area (Å²) >= 11 is 0. The van der Waals surface area contributed by atoms with Crippen molar-refractivity contribution in [2.24, 2.45) is 0 Å². The highest BCUT2D eigenvalue weighted by atomic mass is 16.6. The van der Waals surface area contributed by atoms with E-state index in [9.17, 15) is 14.4 Å². The molecule has 378 valence electrons. The Kier molecular flexibility index (Phi) is 51.8. The SMILES string of the molecule is CCCCC/C=C\C/C=C\CCCCCCCCCC(=O)O[C@H](COC(=O)CCCCCCC/C=C\C/C=C\CCCCC)COC(=O)CCCCCCCCCCCCCCCCC. The van der Waals surface area contributed by atoms with E-state index in [2.05, 4.69) is 69.4 Å². The molecule has 1 atom stereocenters. The molecular weight excluding hydrogens is 805 g/mol. The fourth-order valence-electron chi connectivity index (χ4n) is 8.03. The van der Waals surface area contributed by atoms with Crippen LogP contribution in [0.4, 0.5) is 0 Å². The second-order valence-electron chi connectivity index (χ2n) is 18.8. The van der Waals surface area contributed by atoms with Gasteiger partial charge in [0.15, 0.2) is 6.10 Å². The van der Waals surface area contributed by atoms with Crippen LogP contribution in [0.2, 0.25) is 0 Å². The van der Waals surface area contributed by atoms with Crippen LogP contribution in [-0.2, 0) is 28.6 Å². The van der Waals surface area contributed by atoms with Crippen LogP contribution in [0.1, 0.15) is 290 Å².